The molecule has 0 aromatic carbocycles. The highest BCUT2D eigenvalue weighted by atomic mass is 32.1. The summed E-state index contributed by atoms with van der Waals surface area (Å²) in [5.74, 6) is 0.925. The molecular weight excluding hydrogens is 194 g/mol. The van der Waals surface area contributed by atoms with E-state index >= 15 is 0 Å². The minimum Gasteiger partial charge on any atom is -0.352 e. The van der Waals surface area contributed by atoms with Crippen molar-refractivity contribution in [3.63, 3.8) is 0 Å². The summed E-state index contributed by atoms with van der Waals surface area (Å²) in [5, 5.41) is 7.52. The van der Waals surface area contributed by atoms with Gasteiger partial charge in [-0.3, -0.25) is 0 Å². The first-order valence-electron chi connectivity index (χ1n) is 4.50. The molecule has 1 N–H and O–H groups in total. The lowest BCUT2D eigenvalue weighted by Crippen LogP contribution is -2.03. The van der Waals surface area contributed by atoms with E-state index in [1.165, 1.54) is 5.56 Å². The van der Waals surface area contributed by atoms with Crippen molar-refractivity contribution in [2.24, 2.45) is 7.05 Å². The molecule has 74 valence electrons. The Bertz CT molecular complexity index is 403. The number of nitrogens with one attached hydrogen (secondary N) is 1. The van der Waals surface area contributed by atoms with E-state index in [9.17, 15) is 0 Å². The Kier molecular flexibility index (Phi) is 2.54. The standard InChI is InChI=1S/C10H13N3S/c1-8-6-13(2)10(12-8)11-5-9-3-4-14-7-9/h3-4,6-7H,5H2,1-2H3,(H,11,12). The molecule has 3 nitrogen and oxygen atoms in total. The van der Waals surface area contributed by atoms with Crippen LogP contribution < -0.4 is 5.32 Å². The van der Waals surface area contributed by atoms with Crippen LogP contribution >= 0.6 is 11.3 Å². The molecule has 0 saturated heterocycles. The van der Waals surface area contributed by atoms with Crippen molar-refractivity contribution in [3.8, 4) is 0 Å². The average molecular weight is 207 g/mol. The van der Waals surface area contributed by atoms with Gasteiger partial charge >= 0.3 is 0 Å². The largest absolute Gasteiger partial charge is 0.352 e. The van der Waals surface area contributed by atoms with Gasteiger partial charge in [-0.15, -0.1) is 0 Å². The van der Waals surface area contributed by atoms with Crippen LogP contribution in [0.4, 0.5) is 5.95 Å². The summed E-state index contributed by atoms with van der Waals surface area (Å²) in [5.41, 5.74) is 2.34. The van der Waals surface area contributed by atoms with Crippen molar-refractivity contribution in [1.29, 1.82) is 0 Å². The van der Waals surface area contributed by atoms with Crippen molar-refractivity contribution in [1.82, 2.24) is 9.55 Å². The molecule has 2 aromatic heterocycles. The van der Waals surface area contributed by atoms with Gasteiger partial charge in [-0.1, -0.05) is 0 Å². The minimum atomic E-state index is 0.841. The third-order valence-corrected chi connectivity index (χ3v) is 2.76. The highest BCUT2D eigenvalue weighted by Crippen LogP contribution is 2.10. The van der Waals surface area contributed by atoms with Gasteiger partial charge in [-0.2, -0.15) is 11.3 Å². The maximum Gasteiger partial charge on any atom is 0.203 e. The first kappa shape index (κ1) is 9.27. The molecule has 14 heavy (non-hydrogen) atoms. The summed E-state index contributed by atoms with van der Waals surface area (Å²) in [6.45, 7) is 2.84. The second-order valence-electron chi connectivity index (χ2n) is 3.30. The minimum absolute atomic E-state index is 0.841. The molecule has 0 radical (unpaired) electrons. The fourth-order valence-electron chi connectivity index (χ4n) is 1.35. The Morgan fingerprint density at radius 1 is 1.57 bits per heavy atom. The fourth-order valence-corrected chi connectivity index (χ4v) is 2.02. The number of hydrogen-bond acceptors (Lipinski definition) is 3. The molecule has 0 fully saturated rings. The van der Waals surface area contributed by atoms with Crippen LogP contribution in [0.5, 0.6) is 0 Å². The third-order valence-electron chi connectivity index (χ3n) is 2.03. The molecule has 2 aromatic rings. The number of nitrogens with zero attached hydrogens (tertiary/aromatic N) is 2. The van der Waals surface area contributed by atoms with Crippen molar-refractivity contribution in [2.75, 3.05) is 5.32 Å². The first-order valence-corrected chi connectivity index (χ1v) is 5.45. The van der Waals surface area contributed by atoms with Gasteiger partial charge in [-0.05, 0) is 29.3 Å². The number of thiophene rings is 1. The van der Waals surface area contributed by atoms with Crippen LogP contribution in [-0.2, 0) is 13.6 Å². The molecule has 0 amide bonds. The van der Waals surface area contributed by atoms with Crippen LogP contribution in [-0.4, -0.2) is 9.55 Å². The summed E-state index contributed by atoms with van der Waals surface area (Å²) in [6.07, 6.45) is 2.01. The maximum atomic E-state index is 4.36. The monoisotopic (exact) mass is 207 g/mol. The normalized spacial score (nSPS) is 10.4. The molecule has 0 spiro atoms. The second kappa shape index (κ2) is 3.84. The Balaban J connectivity index is 2.01. The van der Waals surface area contributed by atoms with Gasteiger partial charge in [0, 0.05) is 19.8 Å². The molecule has 0 aliphatic carbocycles. The molecule has 0 atom stereocenters. The Labute approximate surface area is 87.4 Å². The van der Waals surface area contributed by atoms with Gasteiger partial charge in [0.15, 0.2) is 0 Å². The second-order valence-corrected chi connectivity index (χ2v) is 4.08. The molecule has 0 unspecified atom stereocenters. The smallest absolute Gasteiger partial charge is 0.203 e. The summed E-state index contributed by atoms with van der Waals surface area (Å²) < 4.78 is 2.00. The zero-order chi connectivity index (χ0) is 9.97. The number of aromatic nitrogens is 2. The van der Waals surface area contributed by atoms with Crippen LogP contribution in [0.3, 0.4) is 0 Å². The fraction of sp³-hybridized carbons (Fsp3) is 0.300. The zero-order valence-corrected chi connectivity index (χ0v) is 9.14. The van der Waals surface area contributed by atoms with Crippen molar-refractivity contribution >= 4 is 17.3 Å². The van der Waals surface area contributed by atoms with Crippen LogP contribution in [0.25, 0.3) is 0 Å². The van der Waals surface area contributed by atoms with E-state index in [-0.39, 0.29) is 0 Å². The van der Waals surface area contributed by atoms with Gasteiger partial charge in [-0.25, -0.2) is 4.98 Å². The summed E-state index contributed by atoms with van der Waals surface area (Å²) in [7, 11) is 2.00. The van der Waals surface area contributed by atoms with E-state index in [2.05, 4.69) is 27.1 Å². The molecule has 0 bridgehead atoms. The topological polar surface area (TPSA) is 29.9 Å². The molecule has 2 rings (SSSR count). The van der Waals surface area contributed by atoms with Gasteiger partial charge in [0.25, 0.3) is 0 Å². The predicted molar refractivity (Wildman–Crippen MR) is 59.6 cm³/mol. The quantitative estimate of drug-likeness (QED) is 0.837. The van der Waals surface area contributed by atoms with Crippen molar-refractivity contribution in [3.05, 3.63) is 34.3 Å². The van der Waals surface area contributed by atoms with E-state index < -0.39 is 0 Å². The molecule has 0 aliphatic heterocycles. The average Bonchev–Trinajstić information content (AvgIpc) is 2.72. The summed E-state index contributed by atoms with van der Waals surface area (Å²) in [4.78, 5) is 4.36. The lowest BCUT2D eigenvalue weighted by Gasteiger charge is -2.03. The highest BCUT2D eigenvalue weighted by molar-refractivity contribution is 7.07. The van der Waals surface area contributed by atoms with E-state index in [0.717, 1.165) is 18.2 Å². The number of aryl methyl sites for hydroxylation is 2. The summed E-state index contributed by atoms with van der Waals surface area (Å²) >= 11 is 1.72. The highest BCUT2D eigenvalue weighted by Gasteiger charge is 2.01. The molecule has 0 saturated carbocycles. The number of imidazole rings is 1. The Morgan fingerprint density at radius 2 is 2.43 bits per heavy atom. The van der Waals surface area contributed by atoms with E-state index in [4.69, 9.17) is 0 Å². The SMILES string of the molecule is Cc1cn(C)c(NCc2ccsc2)n1. The summed E-state index contributed by atoms with van der Waals surface area (Å²) in [6, 6.07) is 2.12. The van der Waals surface area contributed by atoms with E-state index in [0.29, 0.717) is 0 Å². The lowest BCUT2D eigenvalue weighted by molar-refractivity contribution is 0.900. The number of hydrogen-bond donors (Lipinski definition) is 1. The number of anilines is 1. The van der Waals surface area contributed by atoms with E-state index in [1.807, 2.05) is 24.7 Å². The van der Waals surface area contributed by atoms with Crippen LogP contribution in [0.1, 0.15) is 11.3 Å². The zero-order valence-electron chi connectivity index (χ0n) is 8.32. The van der Waals surface area contributed by atoms with Gasteiger partial charge in [0.1, 0.15) is 0 Å². The van der Waals surface area contributed by atoms with Crippen molar-refractivity contribution in [2.45, 2.75) is 13.5 Å². The Hall–Kier alpha value is -1.29. The predicted octanol–water partition coefficient (Wildman–Crippen LogP) is 2.40. The number of rotatable bonds is 3. The lowest BCUT2D eigenvalue weighted by atomic mass is 10.3. The maximum absolute atomic E-state index is 4.36. The van der Waals surface area contributed by atoms with Gasteiger partial charge < -0.3 is 9.88 Å². The first-order chi connectivity index (χ1) is 6.75. The van der Waals surface area contributed by atoms with Crippen molar-refractivity contribution < 1.29 is 0 Å². The van der Waals surface area contributed by atoms with Crippen LogP contribution in [0.2, 0.25) is 0 Å². The van der Waals surface area contributed by atoms with Crippen LogP contribution in [0.15, 0.2) is 23.0 Å². The molecule has 0 aliphatic rings. The Morgan fingerprint density at radius 3 is 3.00 bits per heavy atom. The van der Waals surface area contributed by atoms with Gasteiger partial charge in [0.05, 0.1) is 5.69 Å². The van der Waals surface area contributed by atoms with Crippen LogP contribution in [0, 0.1) is 6.92 Å². The third kappa shape index (κ3) is 1.96. The van der Waals surface area contributed by atoms with Gasteiger partial charge in [0.2, 0.25) is 5.95 Å². The molecular formula is C10H13N3S. The molecule has 4 heteroatoms. The molecule has 2 heterocycles. The van der Waals surface area contributed by atoms with E-state index in [1.54, 1.807) is 11.3 Å².